The summed E-state index contributed by atoms with van der Waals surface area (Å²) in [5.41, 5.74) is 2.02. The van der Waals surface area contributed by atoms with Gasteiger partial charge in [0.25, 0.3) is 0 Å². The lowest BCUT2D eigenvalue weighted by Crippen LogP contribution is -2.17. The summed E-state index contributed by atoms with van der Waals surface area (Å²) < 4.78 is 0. The van der Waals surface area contributed by atoms with Crippen LogP contribution in [0.4, 0.5) is 0 Å². The summed E-state index contributed by atoms with van der Waals surface area (Å²) in [6.07, 6.45) is 11.4. The van der Waals surface area contributed by atoms with Gasteiger partial charge in [0.15, 0.2) is 0 Å². The first-order valence-corrected chi connectivity index (χ1v) is 6.37. The fraction of sp³-hybridized carbons (Fsp3) is 0.286. The maximum absolute atomic E-state index is 6.17. The van der Waals surface area contributed by atoms with Crippen molar-refractivity contribution in [3.63, 3.8) is 0 Å². The van der Waals surface area contributed by atoms with Gasteiger partial charge in [-0.05, 0) is 25.8 Å². The lowest BCUT2D eigenvalue weighted by molar-refractivity contribution is 0.874. The molecule has 1 aliphatic rings. The van der Waals surface area contributed by atoms with E-state index in [0.29, 0.717) is 6.54 Å². The molecule has 0 aliphatic heterocycles. The summed E-state index contributed by atoms with van der Waals surface area (Å²) in [4.78, 5) is 0. The smallest absolute Gasteiger partial charge is 0.0427 e. The van der Waals surface area contributed by atoms with E-state index >= 15 is 0 Å². The van der Waals surface area contributed by atoms with E-state index in [1.807, 2.05) is 31.2 Å². The fourth-order valence-corrected chi connectivity index (χ4v) is 2.15. The Kier molecular flexibility index (Phi) is 6.17. The van der Waals surface area contributed by atoms with Gasteiger partial charge in [-0.1, -0.05) is 54.1 Å². The van der Waals surface area contributed by atoms with E-state index in [2.05, 4.69) is 11.9 Å². The number of hydrogen-bond donors (Lipinski definition) is 1. The van der Waals surface area contributed by atoms with Gasteiger partial charge >= 0.3 is 0 Å². The highest BCUT2D eigenvalue weighted by molar-refractivity contribution is 6.36. The zero-order chi connectivity index (χ0) is 12.7. The molecule has 0 unspecified atom stereocenters. The van der Waals surface area contributed by atoms with E-state index in [1.54, 1.807) is 6.08 Å². The third kappa shape index (κ3) is 4.45. The summed E-state index contributed by atoms with van der Waals surface area (Å²) in [5, 5.41) is 4.91. The Morgan fingerprint density at radius 1 is 1.53 bits per heavy atom. The minimum Gasteiger partial charge on any atom is -0.381 e. The van der Waals surface area contributed by atoms with Crippen molar-refractivity contribution in [1.82, 2.24) is 5.32 Å². The quantitative estimate of drug-likeness (QED) is 0.718. The Labute approximate surface area is 113 Å². The SMILES string of the molecule is C=C/C=C\C(=C/C)NCC1=C(Cl)CCC=C1Cl. The van der Waals surface area contributed by atoms with E-state index in [-0.39, 0.29) is 0 Å². The molecule has 17 heavy (non-hydrogen) atoms. The summed E-state index contributed by atoms with van der Waals surface area (Å²) in [6, 6.07) is 0. The predicted octanol–water partition coefficient (Wildman–Crippen LogP) is 4.63. The predicted molar refractivity (Wildman–Crippen MR) is 77.1 cm³/mol. The van der Waals surface area contributed by atoms with Crippen LogP contribution in [-0.4, -0.2) is 6.54 Å². The minimum atomic E-state index is 0.648. The van der Waals surface area contributed by atoms with Crippen molar-refractivity contribution in [1.29, 1.82) is 0 Å². The van der Waals surface area contributed by atoms with Crippen LogP contribution in [0, 0.1) is 0 Å². The van der Waals surface area contributed by atoms with Crippen LogP contribution >= 0.6 is 23.2 Å². The zero-order valence-corrected chi connectivity index (χ0v) is 11.5. The van der Waals surface area contributed by atoms with E-state index in [0.717, 1.165) is 34.2 Å². The van der Waals surface area contributed by atoms with Crippen molar-refractivity contribution >= 4 is 23.2 Å². The largest absolute Gasteiger partial charge is 0.381 e. The van der Waals surface area contributed by atoms with Crippen molar-refractivity contribution in [3.05, 3.63) is 58.3 Å². The summed E-state index contributed by atoms with van der Waals surface area (Å²) in [7, 11) is 0. The van der Waals surface area contributed by atoms with Gasteiger partial charge in [0, 0.05) is 27.9 Å². The van der Waals surface area contributed by atoms with Crippen LogP contribution in [0.25, 0.3) is 0 Å². The number of nitrogens with one attached hydrogen (secondary N) is 1. The molecule has 0 saturated heterocycles. The molecule has 1 rings (SSSR count). The molecule has 92 valence electrons. The molecule has 3 heteroatoms. The second kappa shape index (κ2) is 7.41. The Bertz CT molecular complexity index is 400. The lowest BCUT2D eigenvalue weighted by atomic mass is 10.1. The number of rotatable bonds is 5. The molecule has 0 fully saturated rings. The van der Waals surface area contributed by atoms with Crippen LogP contribution in [-0.2, 0) is 0 Å². The summed E-state index contributed by atoms with van der Waals surface area (Å²) >= 11 is 12.3. The van der Waals surface area contributed by atoms with Crippen LogP contribution in [0.5, 0.6) is 0 Å². The van der Waals surface area contributed by atoms with E-state index < -0.39 is 0 Å². The van der Waals surface area contributed by atoms with Gasteiger partial charge in [-0.15, -0.1) is 0 Å². The van der Waals surface area contributed by atoms with Crippen molar-refractivity contribution in [2.24, 2.45) is 0 Å². The summed E-state index contributed by atoms with van der Waals surface area (Å²) in [5.74, 6) is 0. The second-order valence-electron chi connectivity index (χ2n) is 3.67. The molecular weight excluding hydrogens is 253 g/mol. The maximum atomic E-state index is 6.17. The molecule has 0 aromatic carbocycles. The Hall–Kier alpha value is -0.920. The molecule has 0 heterocycles. The third-order valence-corrected chi connectivity index (χ3v) is 3.29. The molecule has 0 radical (unpaired) electrons. The molecular formula is C14H17Cl2N. The van der Waals surface area contributed by atoms with Crippen LogP contribution in [0.3, 0.4) is 0 Å². The Morgan fingerprint density at radius 2 is 2.29 bits per heavy atom. The van der Waals surface area contributed by atoms with Gasteiger partial charge in [0.2, 0.25) is 0 Å². The maximum Gasteiger partial charge on any atom is 0.0427 e. The van der Waals surface area contributed by atoms with Gasteiger partial charge in [-0.2, -0.15) is 0 Å². The molecule has 0 atom stereocenters. The van der Waals surface area contributed by atoms with Crippen LogP contribution in [0.2, 0.25) is 0 Å². The van der Waals surface area contributed by atoms with Gasteiger partial charge < -0.3 is 5.32 Å². The van der Waals surface area contributed by atoms with Crippen LogP contribution in [0.1, 0.15) is 19.8 Å². The van der Waals surface area contributed by atoms with Gasteiger partial charge in [0.1, 0.15) is 0 Å². The normalized spacial score (nSPS) is 17.4. The summed E-state index contributed by atoms with van der Waals surface area (Å²) in [6.45, 7) is 6.26. The van der Waals surface area contributed by atoms with E-state index in [4.69, 9.17) is 23.2 Å². The highest BCUT2D eigenvalue weighted by Crippen LogP contribution is 2.29. The topological polar surface area (TPSA) is 12.0 Å². The molecule has 1 aliphatic carbocycles. The average Bonchev–Trinajstić information content (AvgIpc) is 2.32. The van der Waals surface area contributed by atoms with Crippen molar-refractivity contribution in [2.45, 2.75) is 19.8 Å². The molecule has 0 aromatic rings. The van der Waals surface area contributed by atoms with Crippen molar-refractivity contribution < 1.29 is 0 Å². The van der Waals surface area contributed by atoms with Crippen LogP contribution < -0.4 is 5.32 Å². The first-order chi connectivity index (χ1) is 8.19. The Balaban J connectivity index is 2.64. The molecule has 1 N–H and O–H groups in total. The molecule has 0 spiro atoms. The molecule has 0 bridgehead atoms. The molecule has 0 amide bonds. The molecule has 0 saturated carbocycles. The minimum absolute atomic E-state index is 0.648. The van der Waals surface area contributed by atoms with Gasteiger partial charge in [-0.3, -0.25) is 0 Å². The third-order valence-electron chi connectivity index (χ3n) is 2.50. The van der Waals surface area contributed by atoms with E-state index in [9.17, 15) is 0 Å². The zero-order valence-electron chi connectivity index (χ0n) is 9.97. The fourth-order valence-electron chi connectivity index (χ4n) is 1.53. The second-order valence-corrected chi connectivity index (χ2v) is 4.53. The number of halogens is 2. The first kappa shape index (κ1) is 14.1. The van der Waals surface area contributed by atoms with Crippen LogP contribution in [0.15, 0.2) is 58.3 Å². The van der Waals surface area contributed by atoms with Gasteiger partial charge in [0.05, 0.1) is 0 Å². The van der Waals surface area contributed by atoms with Crippen molar-refractivity contribution in [3.8, 4) is 0 Å². The highest BCUT2D eigenvalue weighted by Gasteiger charge is 2.12. The number of hydrogen-bond acceptors (Lipinski definition) is 1. The highest BCUT2D eigenvalue weighted by atomic mass is 35.5. The van der Waals surface area contributed by atoms with Crippen molar-refractivity contribution in [2.75, 3.05) is 6.54 Å². The molecule has 1 nitrogen and oxygen atoms in total. The monoisotopic (exact) mass is 269 g/mol. The molecule has 0 aromatic heterocycles. The van der Waals surface area contributed by atoms with E-state index in [1.165, 1.54) is 0 Å². The lowest BCUT2D eigenvalue weighted by Gasteiger charge is -2.16. The Morgan fingerprint density at radius 3 is 2.88 bits per heavy atom. The average molecular weight is 270 g/mol. The first-order valence-electron chi connectivity index (χ1n) is 5.62. The number of allylic oxidation sites excluding steroid dienone is 6. The standard InChI is InChI=1S/C14H17Cl2N/c1-3-5-7-11(4-2)17-10-12-13(15)8-6-9-14(12)16/h3-5,7-8,17H,1,6,9-10H2,2H3/b7-5-,11-4+. The van der Waals surface area contributed by atoms with Gasteiger partial charge in [-0.25, -0.2) is 0 Å².